The summed E-state index contributed by atoms with van der Waals surface area (Å²) < 4.78 is 0. The van der Waals surface area contributed by atoms with Gasteiger partial charge < -0.3 is 5.21 Å². The SMILES string of the molecule is C#CC[C@@]12CCC[C@H]1[C@@H]1CCC3=CC(=NO)CC[C@@H]3[C@H]1CC2. The van der Waals surface area contributed by atoms with Crippen LogP contribution in [0.5, 0.6) is 0 Å². The third kappa shape index (κ3) is 2.05. The molecule has 0 unspecified atom stereocenters. The van der Waals surface area contributed by atoms with Crippen LogP contribution >= 0.6 is 0 Å². The number of hydrogen-bond acceptors (Lipinski definition) is 2. The van der Waals surface area contributed by atoms with E-state index in [1.807, 2.05) is 0 Å². The van der Waals surface area contributed by atoms with Gasteiger partial charge in [0.1, 0.15) is 0 Å². The molecule has 5 atom stereocenters. The van der Waals surface area contributed by atoms with Gasteiger partial charge in [-0.15, -0.1) is 12.3 Å². The molecule has 0 aliphatic heterocycles. The van der Waals surface area contributed by atoms with Gasteiger partial charge in [0, 0.05) is 6.42 Å². The van der Waals surface area contributed by atoms with E-state index in [1.54, 1.807) is 5.57 Å². The molecule has 1 N–H and O–H groups in total. The zero-order valence-corrected chi connectivity index (χ0v) is 13.4. The first kappa shape index (κ1) is 14.4. The maximum atomic E-state index is 9.05. The van der Waals surface area contributed by atoms with Crippen molar-refractivity contribution < 1.29 is 5.21 Å². The molecule has 0 spiro atoms. The molecule has 0 aromatic rings. The van der Waals surface area contributed by atoms with Crippen LogP contribution in [0.3, 0.4) is 0 Å². The maximum absolute atomic E-state index is 9.05. The number of nitrogens with zero attached hydrogens (tertiary/aromatic N) is 1. The number of hydrogen-bond donors (Lipinski definition) is 1. The highest BCUT2D eigenvalue weighted by Gasteiger charge is 2.53. The van der Waals surface area contributed by atoms with E-state index >= 15 is 0 Å². The Kier molecular flexibility index (Phi) is 3.56. The predicted octanol–water partition coefficient (Wildman–Crippen LogP) is 4.78. The fraction of sp³-hybridized carbons (Fsp3) is 0.750. The number of fused-ring (bicyclic) bond motifs is 5. The number of allylic oxidation sites excluding steroid dienone is 2. The minimum Gasteiger partial charge on any atom is -0.411 e. The van der Waals surface area contributed by atoms with Gasteiger partial charge in [0.2, 0.25) is 0 Å². The lowest BCUT2D eigenvalue weighted by Crippen LogP contribution is -2.45. The van der Waals surface area contributed by atoms with Crippen LogP contribution in [0.1, 0.15) is 64.2 Å². The van der Waals surface area contributed by atoms with Crippen LogP contribution in [-0.2, 0) is 0 Å². The molecule has 2 nitrogen and oxygen atoms in total. The summed E-state index contributed by atoms with van der Waals surface area (Å²) in [7, 11) is 0. The van der Waals surface area contributed by atoms with E-state index in [1.165, 1.54) is 51.4 Å². The van der Waals surface area contributed by atoms with Crippen LogP contribution in [0.15, 0.2) is 16.8 Å². The molecule has 0 radical (unpaired) electrons. The summed E-state index contributed by atoms with van der Waals surface area (Å²) in [5.74, 6) is 6.43. The molecule has 4 aliphatic rings. The monoisotopic (exact) mass is 297 g/mol. The summed E-state index contributed by atoms with van der Waals surface area (Å²) in [6, 6.07) is 0. The van der Waals surface area contributed by atoms with Crippen molar-refractivity contribution in [3.05, 3.63) is 11.6 Å². The molecular weight excluding hydrogens is 270 g/mol. The molecule has 22 heavy (non-hydrogen) atoms. The fourth-order valence-corrected chi connectivity index (χ4v) is 6.58. The van der Waals surface area contributed by atoms with Gasteiger partial charge in [-0.25, -0.2) is 0 Å². The van der Waals surface area contributed by atoms with E-state index < -0.39 is 0 Å². The fourth-order valence-electron chi connectivity index (χ4n) is 6.58. The second kappa shape index (κ2) is 5.44. The van der Waals surface area contributed by atoms with E-state index in [2.05, 4.69) is 17.2 Å². The quantitative estimate of drug-likeness (QED) is 0.421. The lowest BCUT2D eigenvalue weighted by molar-refractivity contribution is -0.00742. The van der Waals surface area contributed by atoms with E-state index in [-0.39, 0.29) is 0 Å². The normalized spacial score (nSPS) is 45.4. The van der Waals surface area contributed by atoms with Crippen molar-refractivity contribution in [2.75, 3.05) is 0 Å². The van der Waals surface area contributed by atoms with Crippen LogP contribution in [-0.4, -0.2) is 10.9 Å². The summed E-state index contributed by atoms with van der Waals surface area (Å²) in [6.07, 6.45) is 20.5. The molecule has 4 aliphatic carbocycles. The molecule has 3 saturated carbocycles. The molecule has 0 amide bonds. The summed E-state index contributed by atoms with van der Waals surface area (Å²) in [6.45, 7) is 0. The van der Waals surface area contributed by atoms with Crippen molar-refractivity contribution in [1.29, 1.82) is 0 Å². The molecule has 2 heteroatoms. The predicted molar refractivity (Wildman–Crippen MR) is 88.7 cm³/mol. The van der Waals surface area contributed by atoms with Gasteiger partial charge in [-0.05, 0) is 86.5 Å². The Balaban J connectivity index is 1.61. The Bertz CT molecular complexity index is 555. The molecule has 4 rings (SSSR count). The minimum absolute atomic E-state index is 0.490. The molecule has 0 heterocycles. The van der Waals surface area contributed by atoms with Gasteiger partial charge in [-0.2, -0.15) is 0 Å². The number of terminal acetylenes is 1. The summed E-state index contributed by atoms with van der Waals surface area (Å²) in [5.41, 5.74) is 2.95. The minimum atomic E-state index is 0.490. The molecule has 0 aromatic heterocycles. The average Bonchev–Trinajstić information content (AvgIpc) is 2.98. The van der Waals surface area contributed by atoms with Crippen LogP contribution < -0.4 is 0 Å². The van der Waals surface area contributed by atoms with E-state index in [9.17, 15) is 0 Å². The summed E-state index contributed by atoms with van der Waals surface area (Å²) in [5, 5.41) is 12.5. The zero-order chi connectivity index (χ0) is 15.2. The molecule has 0 bridgehead atoms. The largest absolute Gasteiger partial charge is 0.411 e. The highest BCUT2D eigenvalue weighted by atomic mass is 16.4. The van der Waals surface area contributed by atoms with Crippen molar-refractivity contribution in [3.63, 3.8) is 0 Å². The van der Waals surface area contributed by atoms with Crippen molar-refractivity contribution in [2.45, 2.75) is 64.2 Å². The Morgan fingerprint density at radius 2 is 2.09 bits per heavy atom. The molecule has 0 aromatic carbocycles. The van der Waals surface area contributed by atoms with Crippen molar-refractivity contribution >= 4 is 5.71 Å². The van der Waals surface area contributed by atoms with E-state index in [4.69, 9.17) is 11.6 Å². The van der Waals surface area contributed by atoms with Crippen molar-refractivity contribution in [1.82, 2.24) is 0 Å². The summed E-state index contributed by atoms with van der Waals surface area (Å²) >= 11 is 0. The number of oxime groups is 1. The average molecular weight is 297 g/mol. The lowest BCUT2D eigenvalue weighted by atomic mass is 9.51. The van der Waals surface area contributed by atoms with Gasteiger partial charge >= 0.3 is 0 Å². The van der Waals surface area contributed by atoms with E-state index in [0.29, 0.717) is 5.41 Å². The van der Waals surface area contributed by atoms with Gasteiger partial charge in [-0.1, -0.05) is 17.1 Å². The summed E-state index contributed by atoms with van der Waals surface area (Å²) in [4.78, 5) is 0. The van der Waals surface area contributed by atoms with Crippen LogP contribution in [0.4, 0.5) is 0 Å². The molecular formula is C20H27NO. The van der Waals surface area contributed by atoms with Crippen molar-refractivity contribution in [3.8, 4) is 12.3 Å². The maximum Gasteiger partial charge on any atom is 0.0795 e. The first-order valence-electron chi connectivity index (χ1n) is 9.12. The Labute approximate surface area is 134 Å². The van der Waals surface area contributed by atoms with Gasteiger partial charge in [0.15, 0.2) is 0 Å². The van der Waals surface area contributed by atoms with Gasteiger partial charge in [0.25, 0.3) is 0 Å². The van der Waals surface area contributed by atoms with E-state index in [0.717, 1.165) is 42.2 Å². The van der Waals surface area contributed by atoms with Gasteiger partial charge in [-0.3, -0.25) is 0 Å². The topological polar surface area (TPSA) is 32.6 Å². The molecule has 0 saturated heterocycles. The van der Waals surface area contributed by atoms with Gasteiger partial charge in [0.05, 0.1) is 5.71 Å². The van der Waals surface area contributed by atoms with Crippen LogP contribution in [0, 0.1) is 41.4 Å². The first-order chi connectivity index (χ1) is 10.8. The third-order valence-corrected chi connectivity index (χ3v) is 7.42. The second-order valence-corrected chi connectivity index (χ2v) is 8.10. The standard InChI is InChI=1S/C20H27NO/c1-2-10-20-11-3-4-19(20)18-7-5-14-13-15(21-22)6-8-16(14)17(18)9-12-20/h1,13,16-19,22H,3-12H2/t16-,17+,18+,19-,20-/m0/s1. The molecule has 118 valence electrons. The first-order valence-corrected chi connectivity index (χ1v) is 9.12. The van der Waals surface area contributed by atoms with Crippen LogP contribution in [0.25, 0.3) is 0 Å². The van der Waals surface area contributed by atoms with Crippen molar-refractivity contribution in [2.24, 2.45) is 34.2 Å². The molecule has 3 fully saturated rings. The third-order valence-electron chi connectivity index (χ3n) is 7.42. The highest BCUT2D eigenvalue weighted by Crippen LogP contribution is 2.62. The second-order valence-electron chi connectivity index (χ2n) is 8.10. The Morgan fingerprint density at radius 3 is 2.91 bits per heavy atom. The number of rotatable bonds is 1. The Hall–Kier alpha value is -1.23. The smallest absolute Gasteiger partial charge is 0.0795 e. The lowest BCUT2D eigenvalue weighted by Gasteiger charge is -2.53. The zero-order valence-electron chi connectivity index (χ0n) is 13.4. The van der Waals surface area contributed by atoms with Crippen LogP contribution in [0.2, 0.25) is 0 Å². The Morgan fingerprint density at radius 1 is 1.18 bits per heavy atom. The highest BCUT2D eigenvalue weighted by molar-refractivity contribution is 5.96.